The Balaban J connectivity index is 1.22. The first-order valence-electron chi connectivity index (χ1n) is 12.5. The van der Waals surface area contributed by atoms with Crippen LogP contribution in [0.25, 0.3) is 0 Å². The van der Waals surface area contributed by atoms with Gasteiger partial charge in [0.05, 0.1) is 10.9 Å². The van der Waals surface area contributed by atoms with Gasteiger partial charge in [0.15, 0.2) is 0 Å². The SMILES string of the molecule is O=S(=O)(Nc1ccccc1)c1ccc2c(c1)C1C=CCC1C(c1ccc(OCc3ccccc3)cc1)N2. The van der Waals surface area contributed by atoms with Crippen molar-refractivity contribution in [3.05, 3.63) is 132 Å². The van der Waals surface area contributed by atoms with Crippen LogP contribution in [-0.2, 0) is 16.6 Å². The Hall–Kier alpha value is -4.03. The number of anilines is 2. The fourth-order valence-corrected chi connectivity index (χ4v) is 6.40. The van der Waals surface area contributed by atoms with E-state index in [1.807, 2.05) is 60.7 Å². The van der Waals surface area contributed by atoms with Gasteiger partial charge in [0, 0.05) is 17.3 Å². The lowest BCUT2D eigenvalue weighted by Crippen LogP contribution is -2.29. The maximum atomic E-state index is 13.1. The zero-order valence-corrected chi connectivity index (χ0v) is 21.1. The highest BCUT2D eigenvalue weighted by Gasteiger charge is 2.38. The quantitative estimate of drug-likeness (QED) is 0.267. The van der Waals surface area contributed by atoms with Gasteiger partial charge in [0.2, 0.25) is 0 Å². The molecule has 2 N–H and O–H groups in total. The second-order valence-electron chi connectivity index (χ2n) is 9.54. The summed E-state index contributed by atoms with van der Waals surface area (Å²) in [5, 5.41) is 3.69. The molecular weight excluding hydrogens is 480 g/mol. The highest BCUT2D eigenvalue weighted by atomic mass is 32.2. The van der Waals surface area contributed by atoms with Gasteiger partial charge in [-0.3, -0.25) is 4.72 Å². The van der Waals surface area contributed by atoms with Crippen molar-refractivity contribution in [3.8, 4) is 5.75 Å². The van der Waals surface area contributed by atoms with Crippen molar-refractivity contribution in [2.45, 2.75) is 29.9 Å². The standard InChI is InChI=1S/C31H28N2O3S/c34-37(35,33-24-10-5-2-6-11-24)26-18-19-30-29(20-26)27-12-7-13-28(27)31(32-30)23-14-16-25(17-15-23)36-21-22-8-3-1-4-9-22/h1-12,14-20,27-28,31-33H,13,21H2. The van der Waals surface area contributed by atoms with Crippen molar-refractivity contribution < 1.29 is 13.2 Å². The van der Waals surface area contributed by atoms with Gasteiger partial charge in [-0.2, -0.15) is 0 Å². The maximum absolute atomic E-state index is 13.1. The van der Waals surface area contributed by atoms with Gasteiger partial charge in [-0.1, -0.05) is 72.8 Å². The van der Waals surface area contributed by atoms with Crippen molar-refractivity contribution in [1.82, 2.24) is 0 Å². The van der Waals surface area contributed by atoms with Gasteiger partial charge in [-0.05, 0) is 71.5 Å². The fourth-order valence-electron chi connectivity index (χ4n) is 5.30. The van der Waals surface area contributed by atoms with Crippen LogP contribution in [0, 0.1) is 5.92 Å². The first kappa shape index (κ1) is 23.4. The molecule has 3 atom stereocenters. The van der Waals surface area contributed by atoms with Crippen molar-refractivity contribution in [1.29, 1.82) is 0 Å². The summed E-state index contributed by atoms with van der Waals surface area (Å²) in [5.74, 6) is 1.30. The summed E-state index contributed by atoms with van der Waals surface area (Å²) in [4.78, 5) is 0.273. The molecule has 4 aromatic rings. The van der Waals surface area contributed by atoms with Gasteiger partial charge in [0.25, 0.3) is 10.0 Å². The van der Waals surface area contributed by atoms with Crippen LogP contribution in [0.4, 0.5) is 11.4 Å². The second-order valence-corrected chi connectivity index (χ2v) is 11.2. The molecule has 0 saturated heterocycles. The van der Waals surface area contributed by atoms with E-state index in [0.717, 1.165) is 29.0 Å². The molecule has 0 bridgehead atoms. The molecule has 0 aromatic heterocycles. The average molecular weight is 509 g/mol. The van der Waals surface area contributed by atoms with Crippen LogP contribution in [0.5, 0.6) is 5.75 Å². The van der Waals surface area contributed by atoms with Crippen LogP contribution in [0.3, 0.4) is 0 Å². The molecule has 1 aliphatic heterocycles. The third kappa shape index (κ3) is 4.85. The lowest BCUT2D eigenvalue weighted by atomic mass is 9.77. The number of benzene rings is 4. The molecule has 0 radical (unpaired) electrons. The van der Waals surface area contributed by atoms with Gasteiger partial charge < -0.3 is 10.1 Å². The molecule has 186 valence electrons. The molecule has 3 unspecified atom stereocenters. The third-order valence-corrected chi connectivity index (χ3v) is 8.54. The Morgan fingerprint density at radius 2 is 1.59 bits per heavy atom. The number of allylic oxidation sites excluding steroid dienone is 2. The van der Waals surface area contributed by atoms with Gasteiger partial charge in [-0.15, -0.1) is 0 Å². The minimum Gasteiger partial charge on any atom is -0.489 e. The number of hydrogen-bond donors (Lipinski definition) is 2. The van der Waals surface area contributed by atoms with E-state index in [1.165, 1.54) is 5.56 Å². The number of ether oxygens (including phenoxy) is 1. The third-order valence-electron chi connectivity index (χ3n) is 7.16. The Morgan fingerprint density at radius 3 is 2.35 bits per heavy atom. The maximum Gasteiger partial charge on any atom is 0.261 e. The van der Waals surface area contributed by atoms with E-state index in [0.29, 0.717) is 18.2 Å². The van der Waals surface area contributed by atoms with Crippen molar-refractivity contribution in [2.24, 2.45) is 5.92 Å². The molecule has 6 rings (SSSR count). The van der Waals surface area contributed by atoms with Crippen LogP contribution in [0.1, 0.15) is 35.1 Å². The molecule has 0 amide bonds. The molecule has 0 fully saturated rings. The summed E-state index contributed by atoms with van der Waals surface area (Å²) < 4.78 is 34.8. The minimum atomic E-state index is -3.69. The number of nitrogens with one attached hydrogen (secondary N) is 2. The molecule has 0 spiro atoms. The summed E-state index contributed by atoms with van der Waals surface area (Å²) in [5.41, 5.74) is 4.87. The average Bonchev–Trinajstić information content (AvgIpc) is 3.43. The van der Waals surface area contributed by atoms with Gasteiger partial charge in [0.1, 0.15) is 12.4 Å². The second kappa shape index (κ2) is 9.79. The predicted octanol–water partition coefficient (Wildman–Crippen LogP) is 6.89. The lowest BCUT2D eigenvalue weighted by Gasteiger charge is -2.37. The van der Waals surface area contributed by atoms with Crippen LogP contribution >= 0.6 is 0 Å². The largest absolute Gasteiger partial charge is 0.489 e. The Morgan fingerprint density at radius 1 is 0.865 bits per heavy atom. The molecular formula is C31H28N2O3S. The molecule has 6 heteroatoms. The highest BCUT2D eigenvalue weighted by molar-refractivity contribution is 7.92. The van der Waals surface area contributed by atoms with E-state index in [1.54, 1.807) is 18.2 Å². The minimum absolute atomic E-state index is 0.126. The Kier molecular flexibility index (Phi) is 6.18. The topological polar surface area (TPSA) is 67.4 Å². The van der Waals surface area contributed by atoms with Crippen LogP contribution in [-0.4, -0.2) is 8.42 Å². The monoisotopic (exact) mass is 508 g/mol. The predicted molar refractivity (Wildman–Crippen MR) is 147 cm³/mol. The summed E-state index contributed by atoms with van der Waals surface area (Å²) >= 11 is 0. The number of hydrogen-bond acceptors (Lipinski definition) is 4. The smallest absolute Gasteiger partial charge is 0.261 e. The molecule has 2 aliphatic rings. The summed E-state index contributed by atoms with van der Waals surface area (Å²) in [7, 11) is -3.69. The van der Waals surface area contributed by atoms with Gasteiger partial charge in [-0.25, -0.2) is 8.42 Å². The molecule has 5 nitrogen and oxygen atoms in total. The molecule has 1 aliphatic carbocycles. The molecule has 1 heterocycles. The number of rotatable bonds is 7. The lowest BCUT2D eigenvalue weighted by molar-refractivity contribution is 0.306. The number of sulfonamides is 1. The Labute approximate surface area is 217 Å². The number of para-hydroxylation sites is 1. The van der Waals surface area contributed by atoms with Crippen molar-refractivity contribution in [2.75, 3.05) is 10.0 Å². The molecule has 37 heavy (non-hydrogen) atoms. The Bertz CT molecular complexity index is 1520. The molecule has 0 saturated carbocycles. The fraction of sp³-hybridized carbons (Fsp3) is 0.161. The first-order chi connectivity index (χ1) is 18.1. The van der Waals surface area contributed by atoms with E-state index in [4.69, 9.17) is 4.74 Å². The van der Waals surface area contributed by atoms with E-state index in [2.05, 4.69) is 46.5 Å². The molecule has 4 aromatic carbocycles. The van der Waals surface area contributed by atoms with E-state index in [9.17, 15) is 8.42 Å². The van der Waals surface area contributed by atoms with Crippen LogP contribution < -0.4 is 14.8 Å². The van der Waals surface area contributed by atoms with Gasteiger partial charge >= 0.3 is 0 Å². The van der Waals surface area contributed by atoms with E-state index in [-0.39, 0.29) is 16.9 Å². The van der Waals surface area contributed by atoms with E-state index < -0.39 is 10.0 Å². The van der Waals surface area contributed by atoms with Crippen LogP contribution in [0.2, 0.25) is 0 Å². The van der Waals surface area contributed by atoms with Crippen molar-refractivity contribution >= 4 is 21.4 Å². The normalized spacial score (nSPS) is 19.9. The van der Waals surface area contributed by atoms with Crippen molar-refractivity contribution in [3.63, 3.8) is 0 Å². The summed E-state index contributed by atoms with van der Waals surface area (Å²) in [6, 6.07) is 32.9. The highest BCUT2D eigenvalue weighted by Crippen LogP contribution is 2.50. The zero-order valence-electron chi connectivity index (χ0n) is 20.2. The van der Waals surface area contributed by atoms with E-state index >= 15 is 0 Å². The zero-order chi connectivity index (χ0) is 25.2. The first-order valence-corrected chi connectivity index (χ1v) is 14.0. The van der Waals surface area contributed by atoms with Crippen LogP contribution in [0.15, 0.2) is 120 Å². The summed E-state index contributed by atoms with van der Waals surface area (Å²) in [6.07, 6.45) is 5.36. The number of fused-ring (bicyclic) bond motifs is 3. The summed E-state index contributed by atoms with van der Waals surface area (Å²) in [6.45, 7) is 0.536.